The molecule has 0 saturated heterocycles. The van der Waals surface area contributed by atoms with Crippen molar-refractivity contribution in [3.05, 3.63) is 53.3 Å². The van der Waals surface area contributed by atoms with Gasteiger partial charge in [0.25, 0.3) is 5.91 Å². The van der Waals surface area contributed by atoms with Crippen LogP contribution in [-0.4, -0.2) is 18.0 Å². The number of amides is 1. The first kappa shape index (κ1) is 12.7. The third kappa shape index (κ3) is 2.37. The number of aryl methyl sites for hydroxylation is 2. The topological polar surface area (TPSA) is 51.2 Å². The van der Waals surface area contributed by atoms with Gasteiger partial charge in [-0.25, -0.2) is 0 Å². The number of hydrogen-bond donors (Lipinski definition) is 1. The summed E-state index contributed by atoms with van der Waals surface area (Å²) in [4.78, 5) is 16.7. The molecule has 0 aliphatic heterocycles. The number of fused-ring (bicyclic) bond motifs is 1. The Kier molecular flexibility index (Phi) is 3.37. The van der Waals surface area contributed by atoms with E-state index in [1.807, 2.05) is 18.2 Å². The summed E-state index contributed by atoms with van der Waals surface area (Å²) in [6.07, 6.45) is 4.94. The van der Waals surface area contributed by atoms with E-state index in [0.717, 1.165) is 30.6 Å². The van der Waals surface area contributed by atoms with Gasteiger partial charge in [-0.3, -0.25) is 9.78 Å². The van der Waals surface area contributed by atoms with E-state index in [9.17, 15) is 4.79 Å². The smallest absolute Gasteiger partial charge is 0.259 e. The maximum Gasteiger partial charge on any atom is 0.259 e. The first-order valence-electron chi connectivity index (χ1n) is 6.70. The number of methoxy groups -OCH3 is 1. The molecule has 0 unspecified atom stereocenters. The molecule has 1 aromatic heterocycles. The van der Waals surface area contributed by atoms with Gasteiger partial charge >= 0.3 is 0 Å². The second-order valence-corrected chi connectivity index (χ2v) is 4.84. The van der Waals surface area contributed by atoms with Crippen LogP contribution in [0, 0.1) is 0 Å². The van der Waals surface area contributed by atoms with Crippen molar-refractivity contribution in [3.8, 4) is 5.75 Å². The molecule has 0 bridgehead atoms. The summed E-state index contributed by atoms with van der Waals surface area (Å²) < 4.78 is 5.20. The fraction of sp³-hybridized carbons (Fsp3) is 0.250. The minimum atomic E-state index is -0.179. The number of para-hydroxylation sites is 1. The van der Waals surface area contributed by atoms with Crippen LogP contribution in [0.5, 0.6) is 5.75 Å². The number of carbonyl (C=O) groups is 1. The highest BCUT2D eigenvalue weighted by atomic mass is 16.5. The number of nitrogens with zero attached hydrogens (tertiary/aromatic N) is 1. The Morgan fingerprint density at radius 1 is 1.30 bits per heavy atom. The summed E-state index contributed by atoms with van der Waals surface area (Å²) in [6, 6.07) is 9.19. The molecule has 0 atom stereocenters. The number of carbonyl (C=O) groups excluding carboxylic acids is 1. The molecule has 1 aliphatic rings. The molecule has 0 radical (unpaired) electrons. The predicted molar refractivity (Wildman–Crippen MR) is 77.2 cm³/mol. The molecule has 20 heavy (non-hydrogen) atoms. The van der Waals surface area contributed by atoms with E-state index < -0.39 is 0 Å². The molecule has 4 nitrogen and oxygen atoms in total. The van der Waals surface area contributed by atoms with Gasteiger partial charge in [0.2, 0.25) is 0 Å². The Balaban J connectivity index is 1.82. The fourth-order valence-corrected chi connectivity index (χ4v) is 2.53. The first-order chi connectivity index (χ1) is 9.78. The third-order valence-corrected chi connectivity index (χ3v) is 3.53. The van der Waals surface area contributed by atoms with Crippen LogP contribution in [0.4, 0.5) is 5.69 Å². The first-order valence-corrected chi connectivity index (χ1v) is 6.70. The Morgan fingerprint density at radius 2 is 2.15 bits per heavy atom. The summed E-state index contributed by atoms with van der Waals surface area (Å²) >= 11 is 0. The summed E-state index contributed by atoms with van der Waals surface area (Å²) in [6.45, 7) is 0. The van der Waals surface area contributed by atoms with E-state index in [-0.39, 0.29) is 5.91 Å². The number of pyridine rings is 1. The van der Waals surface area contributed by atoms with Crippen molar-refractivity contribution in [1.29, 1.82) is 0 Å². The van der Waals surface area contributed by atoms with E-state index in [1.54, 1.807) is 25.4 Å². The highest BCUT2D eigenvalue weighted by Crippen LogP contribution is 2.24. The molecule has 1 amide bonds. The number of aromatic nitrogens is 1. The Morgan fingerprint density at radius 3 is 3.00 bits per heavy atom. The van der Waals surface area contributed by atoms with E-state index >= 15 is 0 Å². The molecule has 0 spiro atoms. The van der Waals surface area contributed by atoms with Crippen molar-refractivity contribution in [2.24, 2.45) is 0 Å². The number of anilines is 1. The lowest BCUT2D eigenvalue weighted by atomic mass is 10.1. The standard InChI is InChI=1S/C16H16N2O2/c1-20-15-8-3-2-6-13(15)16(19)18-12-9-11-5-4-7-14(11)17-10-12/h2-3,6,8-10H,4-5,7H2,1H3,(H,18,19). The average Bonchev–Trinajstić information content (AvgIpc) is 2.94. The zero-order valence-electron chi connectivity index (χ0n) is 11.3. The molecule has 0 saturated carbocycles. The highest BCUT2D eigenvalue weighted by Gasteiger charge is 2.15. The van der Waals surface area contributed by atoms with Gasteiger partial charge in [0, 0.05) is 5.69 Å². The monoisotopic (exact) mass is 268 g/mol. The molecule has 2 aromatic rings. The minimum Gasteiger partial charge on any atom is -0.496 e. The maximum absolute atomic E-state index is 12.3. The normalized spacial score (nSPS) is 12.8. The van der Waals surface area contributed by atoms with Crippen LogP contribution in [0.25, 0.3) is 0 Å². The summed E-state index contributed by atoms with van der Waals surface area (Å²) in [5.74, 6) is 0.390. The summed E-state index contributed by atoms with van der Waals surface area (Å²) in [5, 5.41) is 2.88. The SMILES string of the molecule is COc1ccccc1C(=O)Nc1cnc2c(c1)CCC2. The highest BCUT2D eigenvalue weighted by molar-refractivity contribution is 6.06. The van der Waals surface area contributed by atoms with Crippen molar-refractivity contribution < 1.29 is 9.53 Å². The fourth-order valence-electron chi connectivity index (χ4n) is 2.53. The molecule has 1 heterocycles. The van der Waals surface area contributed by atoms with Crippen LogP contribution in [0.1, 0.15) is 28.0 Å². The number of ether oxygens (including phenoxy) is 1. The molecule has 102 valence electrons. The second-order valence-electron chi connectivity index (χ2n) is 4.84. The predicted octanol–water partition coefficient (Wildman–Crippen LogP) is 2.83. The molecule has 0 fully saturated rings. The third-order valence-electron chi connectivity index (χ3n) is 3.53. The van der Waals surface area contributed by atoms with Gasteiger partial charge in [-0.2, -0.15) is 0 Å². The van der Waals surface area contributed by atoms with Crippen LogP contribution in [0.15, 0.2) is 36.5 Å². The van der Waals surface area contributed by atoms with Crippen LogP contribution >= 0.6 is 0 Å². The van der Waals surface area contributed by atoms with Gasteiger partial charge in [-0.05, 0) is 43.0 Å². The van der Waals surface area contributed by atoms with Gasteiger partial charge < -0.3 is 10.1 Å². The summed E-state index contributed by atoms with van der Waals surface area (Å²) in [5.41, 5.74) is 3.65. The van der Waals surface area contributed by atoms with Gasteiger partial charge in [0.1, 0.15) is 5.75 Å². The van der Waals surface area contributed by atoms with Crippen LogP contribution < -0.4 is 10.1 Å². The number of rotatable bonds is 3. The van der Waals surface area contributed by atoms with Crippen LogP contribution in [-0.2, 0) is 12.8 Å². The van der Waals surface area contributed by atoms with Crippen molar-refractivity contribution in [2.45, 2.75) is 19.3 Å². The molecular weight excluding hydrogens is 252 g/mol. The Labute approximate surface area is 117 Å². The average molecular weight is 268 g/mol. The van der Waals surface area contributed by atoms with E-state index in [1.165, 1.54) is 5.56 Å². The molecular formula is C16H16N2O2. The Bertz CT molecular complexity index is 653. The maximum atomic E-state index is 12.3. The molecule has 1 N–H and O–H groups in total. The quantitative estimate of drug-likeness (QED) is 0.931. The molecule has 1 aromatic carbocycles. The Hall–Kier alpha value is -2.36. The zero-order chi connectivity index (χ0) is 13.9. The zero-order valence-corrected chi connectivity index (χ0v) is 11.3. The van der Waals surface area contributed by atoms with Gasteiger partial charge in [0.15, 0.2) is 0 Å². The lowest BCUT2D eigenvalue weighted by molar-refractivity contribution is 0.102. The number of hydrogen-bond acceptors (Lipinski definition) is 3. The lowest BCUT2D eigenvalue weighted by Gasteiger charge is -2.09. The van der Waals surface area contributed by atoms with Crippen molar-refractivity contribution in [3.63, 3.8) is 0 Å². The van der Waals surface area contributed by atoms with Gasteiger partial charge in [0.05, 0.1) is 24.6 Å². The van der Waals surface area contributed by atoms with E-state index in [2.05, 4.69) is 10.3 Å². The second kappa shape index (κ2) is 5.33. The lowest BCUT2D eigenvalue weighted by Crippen LogP contribution is -2.13. The summed E-state index contributed by atoms with van der Waals surface area (Å²) in [7, 11) is 1.56. The van der Waals surface area contributed by atoms with E-state index in [0.29, 0.717) is 11.3 Å². The number of benzene rings is 1. The van der Waals surface area contributed by atoms with Crippen molar-refractivity contribution in [2.75, 3.05) is 12.4 Å². The molecule has 3 rings (SSSR count). The van der Waals surface area contributed by atoms with Crippen molar-refractivity contribution >= 4 is 11.6 Å². The van der Waals surface area contributed by atoms with Gasteiger partial charge in [-0.15, -0.1) is 0 Å². The van der Waals surface area contributed by atoms with E-state index in [4.69, 9.17) is 4.74 Å². The minimum absolute atomic E-state index is 0.179. The van der Waals surface area contributed by atoms with Gasteiger partial charge in [-0.1, -0.05) is 12.1 Å². The number of nitrogens with one attached hydrogen (secondary N) is 1. The largest absolute Gasteiger partial charge is 0.496 e. The van der Waals surface area contributed by atoms with Crippen LogP contribution in [0.3, 0.4) is 0 Å². The molecule has 1 aliphatic carbocycles. The molecule has 4 heteroatoms. The van der Waals surface area contributed by atoms with Crippen LogP contribution in [0.2, 0.25) is 0 Å². The van der Waals surface area contributed by atoms with Crippen molar-refractivity contribution in [1.82, 2.24) is 4.98 Å².